The van der Waals surface area contributed by atoms with Gasteiger partial charge in [-0.05, 0) is 117 Å². The van der Waals surface area contributed by atoms with Crippen LogP contribution >= 0.6 is 11.6 Å². The number of hydrogen-bond acceptors (Lipinski definition) is 13. The van der Waals surface area contributed by atoms with E-state index in [0.29, 0.717) is 71.1 Å². The molecule has 0 unspecified atom stereocenters. The number of hydrogen-bond donors (Lipinski definition) is 0. The molecule has 0 fully saturated rings. The number of ether oxygens (including phenoxy) is 4. The molecule has 0 aliphatic heterocycles. The Labute approximate surface area is 320 Å². The van der Waals surface area contributed by atoms with Crippen LogP contribution in [-0.4, -0.2) is 52.9 Å². The highest BCUT2D eigenvalue weighted by atomic mass is 35.5. The molecule has 0 atom stereocenters. The molecule has 13 nitrogen and oxygen atoms in total. The quantitative estimate of drug-likeness (QED) is 0.0268. The number of carbonyl (C=O) groups excluding carboxylic acids is 2. The van der Waals surface area contributed by atoms with Crippen molar-refractivity contribution < 1.29 is 33.0 Å². The molecule has 0 radical (unpaired) electrons. The predicted molar refractivity (Wildman–Crippen MR) is 209 cm³/mol. The molecule has 15 heteroatoms. The zero-order valence-corrected chi connectivity index (χ0v) is 31.9. The number of unbranched alkanes of at least 4 members (excludes halogenated alkanes) is 1. The van der Waals surface area contributed by atoms with E-state index >= 15 is 0 Å². The molecule has 4 aromatic carbocycles. The van der Waals surface area contributed by atoms with Gasteiger partial charge in [0, 0.05) is 12.2 Å². The van der Waals surface area contributed by atoms with Crippen LogP contribution in [0.2, 0.25) is 18.1 Å². The van der Waals surface area contributed by atoms with Crippen molar-refractivity contribution >= 4 is 66.0 Å². The Balaban J connectivity index is 1.18. The molecule has 0 N–H and O–H groups in total. The number of rotatable bonds is 21. The summed E-state index contributed by atoms with van der Waals surface area (Å²) in [7, 11) is -2.19. The standard InChI is InChI=1S/C39H41ClN6O7Si/c1-5-38(47)51-24-8-7-23-49-35-20-17-33(18-21-35)44-43-31-11-9-29(10-12-31)41-42-30-13-15-32(16-14-30)45-46-34-19-22-37(36(40)27-34)50-25-26-53-54(3,4)28-52-39(48)6-2/h5-6,9-22,27H,1-2,7-8,23-26,28H2,3-4H3. The van der Waals surface area contributed by atoms with E-state index in [1.165, 1.54) is 0 Å². The third kappa shape index (κ3) is 15.0. The lowest BCUT2D eigenvalue weighted by Gasteiger charge is -2.22. The molecule has 4 aromatic rings. The van der Waals surface area contributed by atoms with Gasteiger partial charge in [-0.2, -0.15) is 30.7 Å². The zero-order valence-electron chi connectivity index (χ0n) is 30.1. The minimum atomic E-state index is -2.19. The SMILES string of the molecule is C=CC(=O)OCCCCOc1ccc(N=Nc2ccc(N=Nc3ccc(N=Nc4ccc(OCCO[Si](C)(C)COC(=O)C=C)c(Cl)c4)cc3)cc2)cc1. The molecule has 0 amide bonds. The molecule has 0 saturated carbocycles. The van der Waals surface area contributed by atoms with Crippen LogP contribution in [0.3, 0.4) is 0 Å². The molecule has 0 aromatic heterocycles. The van der Waals surface area contributed by atoms with Crippen molar-refractivity contribution in [2.45, 2.75) is 25.9 Å². The number of carbonyl (C=O) groups is 2. The van der Waals surface area contributed by atoms with Crippen LogP contribution in [0.5, 0.6) is 11.5 Å². The Morgan fingerprint density at radius 2 is 1.04 bits per heavy atom. The van der Waals surface area contributed by atoms with Gasteiger partial charge in [-0.1, -0.05) is 24.8 Å². The zero-order chi connectivity index (χ0) is 38.6. The molecular formula is C39H41ClN6O7Si. The average molecular weight is 769 g/mol. The van der Waals surface area contributed by atoms with E-state index in [2.05, 4.69) is 43.8 Å². The first kappa shape index (κ1) is 40.9. The second kappa shape index (κ2) is 21.6. The van der Waals surface area contributed by atoms with Crippen molar-refractivity contribution in [3.05, 3.63) is 121 Å². The smallest absolute Gasteiger partial charge is 0.330 e. The molecule has 0 aliphatic carbocycles. The Hall–Kier alpha value is -5.83. The largest absolute Gasteiger partial charge is 0.494 e. The first-order chi connectivity index (χ1) is 26.1. The minimum absolute atomic E-state index is 0.231. The Bertz CT molecular complexity index is 1940. The van der Waals surface area contributed by atoms with E-state index in [0.717, 1.165) is 24.3 Å². The summed E-state index contributed by atoms with van der Waals surface area (Å²) in [6.07, 6.45) is 3.97. The number of azo groups is 3. The van der Waals surface area contributed by atoms with Crippen molar-refractivity contribution in [3.63, 3.8) is 0 Å². The minimum Gasteiger partial charge on any atom is -0.494 e. The highest BCUT2D eigenvalue weighted by molar-refractivity contribution is 6.71. The number of nitrogens with zero attached hydrogens (tertiary/aromatic N) is 6. The van der Waals surface area contributed by atoms with Gasteiger partial charge in [-0.25, -0.2) is 9.59 Å². The van der Waals surface area contributed by atoms with Crippen LogP contribution in [0.25, 0.3) is 0 Å². The van der Waals surface area contributed by atoms with Gasteiger partial charge in [-0.15, -0.1) is 0 Å². The van der Waals surface area contributed by atoms with Crippen LogP contribution in [0.1, 0.15) is 12.8 Å². The number of halogens is 1. The number of benzene rings is 4. The summed E-state index contributed by atoms with van der Waals surface area (Å²) in [4.78, 5) is 22.3. The van der Waals surface area contributed by atoms with E-state index in [9.17, 15) is 9.59 Å². The van der Waals surface area contributed by atoms with Crippen molar-refractivity contribution in [2.75, 3.05) is 32.7 Å². The van der Waals surface area contributed by atoms with Gasteiger partial charge in [0.05, 0.1) is 59.0 Å². The van der Waals surface area contributed by atoms with Crippen molar-refractivity contribution in [3.8, 4) is 11.5 Å². The lowest BCUT2D eigenvalue weighted by atomic mass is 10.3. The van der Waals surface area contributed by atoms with Crippen molar-refractivity contribution in [2.24, 2.45) is 30.7 Å². The van der Waals surface area contributed by atoms with E-state index < -0.39 is 20.3 Å². The predicted octanol–water partition coefficient (Wildman–Crippen LogP) is 11.3. The summed E-state index contributed by atoms with van der Waals surface area (Å²) >= 11 is 6.40. The Morgan fingerprint density at radius 1 is 0.593 bits per heavy atom. The maximum atomic E-state index is 11.3. The van der Waals surface area contributed by atoms with E-state index in [4.69, 9.17) is 35.0 Å². The van der Waals surface area contributed by atoms with Gasteiger partial charge in [0.1, 0.15) is 24.3 Å². The van der Waals surface area contributed by atoms with E-state index in [1.54, 1.807) is 66.7 Å². The molecule has 0 aliphatic rings. The Morgan fingerprint density at radius 3 is 1.54 bits per heavy atom. The van der Waals surface area contributed by atoms with E-state index in [-0.39, 0.29) is 12.8 Å². The van der Waals surface area contributed by atoms with Crippen LogP contribution in [0.15, 0.2) is 147 Å². The fourth-order valence-electron chi connectivity index (χ4n) is 4.24. The van der Waals surface area contributed by atoms with Gasteiger partial charge in [-0.3, -0.25) is 0 Å². The summed E-state index contributed by atoms with van der Waals surface area (Å²) < 4.78 is 27.4. The third-order valence-electron chi connectivity index (χ3n) is 7.08. The molecule has 0 heterocycles. The lowest BCUT2D eigenvalue weighted by Crippen LogP contribution is -2.39. The molecule has 280 valence electrons. The maximum absolute atomic E-state index is 11.3. The molecule has 54 heavy (non-hydrogen) atoms. The molecule has 0 bridgehead atoms. The second-order valence-corrected chi connectivity index (χ2v) is 16.4. The third-order valence-corrected chi connectivity index (χ3v) is 9.20. The van der Waals surface area contributed by atoms with Crippen LogP contribution in [0, 0.1) is 0 Å². The van der Waals surface area contributed by atoms with E-state index in [1.807, 2.05) is 37.4 Å². The summed E-state index contributed by atoms with van der Waals surface area (Å²) in [6, 6.07) is 26.8. The normalized spacial score (nSPS) is 11.5. The summed E-state index contributed by atoms with van der Waals surface area (Å²) in [6.45, 7) is 12.1. The molecule has 0 saturated heterocycles. The van der Waals surface area contributed by atoms with Gasteiger partial charge in [0.15, 0.2) is 0 Å². The van der Waals surface area contributed by atoms with Crippen LogP contribution in [-0.2, 0) is 23.5 Å². The first-order valence-corrected chi connectivity index (χ1v) is 20.4. The fourth-order valence-corrected chi connectivity index (χ4v) is 5.68. The average Bonchev–Trinajstić information content (AvgIpc) is 3.19. The summed E-state index contributed by atoms with van der Waals surface area (Å²) in [5.74, 6) is 0.327. The second-order valence-electron chi connectivity index (χ2n) is 11.9. The highest BCUT2D eigenvalue weighted by Gasteiger charge is 2.24. The summed E-state index contributed by atoms with van der Waals surface area (Å²) in [5, 5.41) is 26.1. The fraction of sp³-hybridized carbons (Fsp3) is 0.231. The van der Waals surface area contributed by atoms with Crippen molar-refractivity contribution in [1.82, 2.24) is 0 Å². The monoisotopic (exact) mass is 768 g/mol. The van der Waals surface area contributed by atoms with Gasteiger partial charge >= 0.3 is 11.9 Å². The Kier molecular flexibility index (Phi) is 16.4. The van der Waals surface area contributed by atoms with Gasteiger partial charge < -0.3 is 23.4 Å². The summed E-state index contributed by atoms with van der Waals surface area (Å²) in [5.41, 5.74) is 3.85. The highest BCUT2D eigenvalue weighted by Crippen LogP contribution is 2.31. The van der Waals surface area contributed by atoms with Gasteiger partial charge in [0.2, 0.25) is 8.32 Å². The van der Waals surface area contributed by atoms with Crippen LogP contribution in [0.4, 0.5) is 34.1 Å². The maximum Gasteiger partial charge on any atom is 0.330 e. The van der Waals surface area contributed by atoms with Crippen molar-refractivity contribution in [1.29, 1.82) is 0 Å². The molecular weight excluding hydrogens is 728 g/mol. The molecule has 0 spiro atoms. The first-order valence-electron chi connectivity index (χ1n) is 17.0. The number of esters is 2. The molecule has 4 rings (SSSR count). The lowest BCUT2D eigenvalue weighted by molar-refractivity contribution is -0.138. The van der Waals surface area contributed by atoms with Crippen LogP contribution < -0.4 is 9.47 Å². The topological polar surface area (TPSA) is 154 Å². The van der Waals surface area contributed by atoms with Gasteiger partial charge in [0.25, 0.3) is 0 Å².